The van der Waals surface area contributed by atoms with Crippen LogP contribution in [0.25, 0.3) is 0 Å². The van der Waals surface area contributed by atoms with Gasteiger partial charge in [-0.1, -0.05) is 32.9 Å². The monoisotopic (exact) mass is 479 g/mol. The van der Waals surface area contributed by atoms with Crippen LogP contribution in [0, 0.1) is 0 Å². The number of nitrogens with zero attached hydrogens (tertiary/aromatic N) is 2. The normalized spacial score (nSPS) is 21.8. The molecule has 8 nitrogen and oxygen atoms in total. The van der Waals surface area contributed by atoms with Crippen LogP contribution in [0.5, 0.6) is 5.75 Å². The van der Waals surface area contributed by atoms with Crippen molar-refractivity contribution < 1.29 is 28.2 Å². The van der Waals surface area contributed by atoms with Crippen molar-refractivity contribution in [1.29, 1.82) is 0 Å². The summed E-state index contributed by atoms with van der Waals surface area (Å²) in [6.45, 7) is 6.22. The maximum absolute atomic E-state index is 14.2. The van der Waals surface area contributed by atoms with Gasteiger partial charge in [0.2, 0.25) is 5.43 Å². The van der Waals surface area contributed by atoms with E-state index >= 15 is 0 Å². The Kier molecular flexibility index (Phi) is 9.73. The molecule has 1 aliphatic carbocycles. The first kappa shape index (κ1) is 27.0. The second-order valence-electron chi connectivity index (χ2n) is 7.53. The van der Waals surface area contributed by atoms with Crippen LogP contribution in [0.2, 0.25) is 0 Å². The van der Waals surface area contributed by atoms with Gasteiger partial charge in [-0.3, -0.25) is 14.4 Å². The number of ether oxygens (including phenoxy) is 1. The number of alkyl halides is 1. The molecular formula is C24H31F2N3O5. The van der Waals surface area contributed by atoms with Crippen LogP contribution < -0.4 is 10.7 Å². The summed E-state index contributed by atoms with van der Waals surface area (Å²) in [7, 11) is 1.50. The molecular weight excluding hydrogens is 448 g/mol. The van der Waals surface area contributed by atoms with Gasteiger partial charge in [0.25, 0.3) is 11.8 Å². The highest BCUT2D eigenvalue weighted by atomic mass is 19.1. The quantitative estimate of drug-likeness (QED) is 0.611. The average Bonchev–Trinajstić information content (AvgIpc) is 2.83. The van der Waals surface area contributed by atoms with Gasteiger partial charge < -0.3 is 24.6 Å². The number of pyridine rings is 1. The summed E-state index contributed by atoms with van der Waals surface area (Å²) in [5, 5.41) is 12.8. The van der Waals surface area contributed by atoms with Gasteiger partial charge in [0.15, 0.2) is 11.4 Å². The molecule has 2 aliphatic rings. The summed E-state index contributed by atoms with van der Waals surface area (Å²) >= 11 is 0. The Hall–Kier alpha value is -3.27. The van der Waals surface area contributed by atoms with Crippen LogP contribution in [-0.4, -0.2) is 59.0 Å². The molecule has 0 bridgehead atoms. The zero-order valence-corrected chi connectivity index (χ0v) is 19.8. The molecule has 2 N–H and O–H groups in total. The Bertz CT molecular complexity index is 1060. The zero-order chi connectivity index (χ0) is 25.4. The Morgan fingerprint density at radius 3 is 2.68 bits per heavy atom. The number of fused-ring (bicyclic) bond motifs is 1. The molecule has 186 valence electrons. The first-order valence-electron chi connectivity index (χ1n) is 11.2. The van der Waals surface area contributed by atoms with E-state index in [9.17, 15) is 28.3 Å². The van der Waals surface area contributed by atoms with Crippen molar-refractivity contribution in [1.82, 2.24) is 14.8 Å². The van der Waals surface area contributed by atoms with Gasteiger partial charge in [-0.2, -0.15) is 0 Å². The van der Waals surface area contributed by atoms with E-state index in [0.717, 1.165) is 18.6 Å². The largest absolute Gasteiger partial charge is 0.503 e. The molecule has 3 rings (SSSR count). The topological polar surface area (TPSA) is 101 Å². The summed E-state index contributed by atoms with van der Waals surface area (Å²) in [6, 6.07) is 0. The smallest absolute Gasteiger partial charge is 0.276 e. The number of halogens is 2. The van der Waals surface area contributed by atoms with E-state index in [4.69, 9.17) is 4.74 Å². The summed E-state index contributed by atoms with van der Waals surface area (Å²) in [5.41, 5.74) is -1.42. The van der Waals surface area contributed by atoms with Crippen LogP contribution in [0.3, 0.4) is 0 Å². The van der Waals surface area contributed by atoms with E-state index < -0.39 is 41.2 Å². The summed E-state index contributed by atoms with van der Waals surface area (Å²) in [4.78, 5) is 39.1. The highest BCUT2D eigenvalue weighted by molar-refractivity contribution is 5.99. The predicted octanol–water partition coefficient (Wildman–Crippen LogP) is 3.23. The molecule has 0 spiro atoms. The van der Waals surface area contributed by atoms with Crippen LogP contribution >= 0.6 is 0 Å². The molecule has 0 saturated carbocycles. The van der Waals surface area contributed by atoms with Crippen LogP contribution in [0.1, 0.15) is 54.5 Å². The molecule has 34 heavy (non-hydrogen) atoms. The number of hydrogen-bond donors (Lipinski definition) is 2. The molecule has 10 heteroatoms. The van der Waals surface area contributed by atoms with E-state index in [1.165, 1.54) is 34.9 Å². The van der Waals surface area contributed by atoms with Gasteiger partial charge in [0.05, 0.1) is 6.54 Å². The van der Waals surface area contributed by atoms with Crippen molar-refractivity contribution in [3.8, 4) is 5.75 Å². The standard InChI is InChI=1S/C22H25F2N3O5.C2H6/c1-3-9-32-17-12-27-11-15(19(28)20(29)18(27)22(31)26(17)2)21(30)25-10-13-5-4-6-14(23)7-8-16(13)24;1-2/h4,6-8,11,14,17,29H,3,5,9-10,12H2,1-2H3,(H,25,30);1-2H3/b6-4?,8-7?,16-13-;. The highest BCUT2D eigenvalue weighted by Gasteiger charge is 2.34. The molecule has 0 aromatic carbocycles. The second kappa shape index (κ2) is 12.3. The number of carbonyl (C=O) groups is 2. The zero-order valence-electron chi connectivity index (χ0n) is 19.8. The maximum atomic E-state index is 14.2. The van der Waals surface area contributed by atoms with Crippen molar-refractivity contribution in [3.63, 3.8) is 0 Å². The van der Waals surface area contributed by atoms with Gasteiger partial charge in [-0.25, -0.2) is 8.78 Å². The van der Waals surface area contributed by atoms with E-state index in [2.05, 4.69) is 5.32 Å². The fraction of sp³-hybridized carbons (Fsp3) is 0.458. The second-order valence-corrected chi connectivity index (χ2v) is 7.53. The minimum absolute atomic E-state index is 0.0859. The minimum Gasteiger partial charge on any atom is -0.503 e. The summed E-state index contributed by atoms with van der Waals surface area (Å²) in [5.74, 6) is -2.95. The number of carbonyl (C=O) groups excluding carboxylic acids is 2. The molecule has 2 heterocycles. The van der Waals surface area contributed by atoms with Crippen LogP contribution in [-0.2, 0) is 11.3 Å². The predicted molar refractivity (Wildman–Crippen MR) is 124 cm³/mol. The number of aromatic nitrogens is 1. The SMILES string of the molecule is CC.CCCOC1Cn2cc(C(=O)NC/C3=C(\F)C=CC(F)C=CC3)c(=O)c(O)c2C(=O)N1C. The number of nitrogens with one attached hydrogen (secondary N) is 1. The molecule has 1 aromatic heterocycles. The van der Waals surface area contributed by atoms with E-state index in [1.54, 1.807) is 0 Å². The molecule has 2 atom stereocenters. The highest BCUT2D eigenvalue weighted by Crippen LogP contribution is 2.23. The lowest BCUT2D eigenvalue weighted by Crippen LogP contribution is -2.48. The van der Waals surface area contributed by atoms with Gasteiger partial charge in [0, 0.05) is 26.4 Å². The number of amides is 2. The fourth-order valence-corrected chi connectivity index (χ4v) is 3.42. The van der Waals surface area contributed by atoms with Gasteiger partial charge in [-0.15, -0.1) is 0 Å². The third-order valence-corrected chi connectivity index (χ3v) is 5.23. The first-order chi connectivity index (χ1) is 16.2. The van der Waals surface area contributed by atoms with Crippen LogP contribution in [0.15, 0.2) is 46.7 Å². The lowest BCUT2D eigenvalue weighted by molar-refractivity contribution is -0.0525. The van der Waals surface area contributed by atoms with E-state index in [1.807, 2.05) is 20.8 Å². The van der Waals surface area contributed by atoms with Crippen LogP contribution in [0.4, 0.5) is 8.78 Å². The molecule has 2 unspecified atom stereocenters. The Labute approximate surface area is 197 Å². The van der Waals surface area contributed by atoms with Crippen molar-refractivity contribution in [2.75, 3.05) is 20.2 Å². The minimum atomic E-state index is -1.39. The number of likely N-dealkylation sites (N-methyl/N-ethyl adjacent to an activating group) is 1. The molecule has 0 saturated heterocycles. The lowest BCUT2D eigenvalue weighted by atomic mass is 10.1. The number of aromatic hydroxyl groups is 1. The maximum Gasteiger partial charge on any atom is 0.276 e. The number of allylic oxidation sites excluding steroid dienone is 5. The molecule has 0 radical (unpaired) electrons. The number of rotatable bonds is 6. The van der Waals surface area contributed by atoms with E-state index in [-0.39, 0.29) is 36.3 Å². The molecule has 2 amide bonds. The summed E-state index contributed by atoms with van der Waals surface area (Å²) < 4.78 is 34.4. The third kappa shape index (κ3) is 5.99. The Morgan fingerprint density at radius 1 is 1.29 bits per heavy atom. The lowest BCUT2D eigenvalue weighted by Gasteiger charge is -2.35. The van der Waals surface area contributed by atoms with Crippen molar-refractivity contribution in [3.05, 3.63) is 63.4 Å². The van der Waals surface area contributed by atoms with Crippen molar-refractivity contribution in [2.45, 2.75) is 52.6 Å². The molecule has 1 aromatic rings. The van der Waals surface area contributed by atoms with Crippen molar-refractivity contribution >= 4 is 11.8 Å². The van der Waals surface area contributed by atoms with Crippen molar-refractivity contribution in [2.24, 2.45) is 0 Å². The molecule has 1 aliphatic heterocycles. The third-order valence-electron chi connectivity index (χ3n) is 5.23. The van der Waals surface area contributed by atoms with Gasteiger partial charge in [-0.05, 0) is 30.6 Å². The average molecular weight is 480 g/mol. The fourth-order valence-electron chi connectivity index (χ4n) is 3.42. The molecule has 0 fully saturated rings. The van der Waals surface area contributed by atoms with Gasteiger partial charge in [0.1, 0.15) is 23.8 Å². The number of hydrogen-bond acceptors (Lipinski definition) is 5. The first-order valence-corrected chi connectivity index (χ1v) is 11.2. The Morgan fingerprint density at radius 2 is 2.00 bits per heavy atom. The summed E-state index contributed by atoms with van der Waals surface area (Å²) in [6.07, 6.45) is 4.76. The van der Waals surface area contributed by atoms with E-state index in [0.29, 0.717) is 6.61 Å². The van der Waals surface area contributed by atoms with Gasteiger partial charge >= 0.3 is 0 Å². The Balaban J connectivity index is 0.00000199.